The normalized spacial score (nSPS) is 14.9. The van der Waals surface area contributed by atoms with E-state index in [4.69, 9.17) is 21.3 Å². The summed E-state index contributed by atoms with van der Waals surface area (Å²) < 4.78 is 6.92. The Morgan fingerprint density at radius 2 is 1.80 bits per heavy atom. The highest BCUT2D eigenvalue weighted by Gasteiger charge is 2.27. The van der Waals surface area contributed by atoms with E-state index in [-0.39, 0.29) is 17.9 Å². The van der Waals surface area contributed by atoms with Crippen LogP contribution in [0.15, 0.2) is 89.9 Å². The highest BCUT2D eigenvalue weighted by molar-refractivity contribution is 6.30. The van der Waals surface area contributed by atoms with Crippen molar-refractivity contribution in [2.45, 2.75) is 12.5 Å². The van der Waals surface area contributed by atoms with E-state index >= 15 is 0 Å². The molecule has 1 atom stereocenters. The van der Waals surface area contributed by atoms with E-state index in [0.29, 0.717) is 17.4 Å². The third-order valence-electron chi connectivity index (χ3n) is 5.67. The second-order valence-corrected chi connectivity index (χ2v) is 8.41. The van der Waals surface area contributed by atoms with Crippen LogP contribution in [0.5, 0.6) is 5.75 Å². The number of anilines is 1. The average molecular weight is 484 g/mol. The summed E-state index contributed by atoms with van der Waals surface area (Å²) in [6.45, 7) is 0. The van der Waals surface area contributed by atoms with Crippen LogP contribution in [-0.4, -0.2) is 33.5 Å². The Morgan fingerprint density at radius 1 is 1.06 bits per heavy atom. The molecule has 3 aromatic carbocycles. The van der Waals surface area contributed by atoms with Gasteiger partial charge in [-0.05, 0) is 47.0 Å². The molecule has 8 heteroatoms. The number of carbonyl (C=O) groups is 1. The molecule has 0 saturated carbocycles. The number of benzene rings is 3. The Labute approximate surface area is 207 Å². The van der Waals surface area contributed by atoms with Gasteiger partial charge in [-0.15, -0.1) is 5.10 Å². The average Bonchev–Trinajstić information content (AvgIpc) is 3.30. The Bertz CT molecular complexity index is 1390. The molecule has 0 radical (unpaired) electrons. The number of hydrogen-bond donors (Lipinski definition) is 1. The van der Waals surface area contributed by atoms with Gasteiger partial charge in [-0.3, -0.25) is 10.1 Å². The minimum Gasteiger partial charge on any atom is -0.497 e. The zero-order valence-electron chi connectivity index (χ0n) is 18.9. The lowest BCUT2D eigenvalue weighted by Gasteiger charge is -2.23. The number of amides is 1. The van der Waals surface area contributed by atoms with Crippen LogP contribution in [0.2, 0.25) is 5.02 Å². The molecule has 5 rings (SSSR count). The quantitative estimate of drug-likeness (QED) is 0.356. The number of ether oxygens (including phenoxy) is 1. The number of fused-ring (bicyclic) bond motifs is 1. The fourth-order valence-electron chi connectivity index (χ4n) is 3.89. The van der Waals surface area contributed by atoms with Crippen molar-refractivity contribution in [2.75, 3.05) is 12.4 Å². The number of hydrogen-bond acceptors (Lipinski definition) is 5. The van der Waals surface area contributed by atoms with E-state index in [9.17, 15) is 4.79 Å². The minimum atomic E-state index is -0.332. The largest absolute Gasteiger partial charge is 0.497 e. The van der Waals surface area contributed by atoms with Crippen LogP contribution in [0.4, 0.5) is 11.9 Å². The van der Waals surface area contributed by atoms with Gasteiger partial charge in [0.1, 0.15) is 5.75 Å². The first-order chi connectivity index (χ1) is 17.1. The van der Waals surface area contributed by atoms with Gasteiger partial charge in [0.2, 0.25) is 0 Å². The minimum absolute atomic E-state index is 0.109. The summed E-state index contributed by atoms with van der Waals surface area (Å²) in [6.07, 6.45) is 3.79. The number of aromatic nitrogens is 3. The summed E-state index contributed by atoms with van der Waals surface area (Å²) >= 11 is 6.07. The van der Waals surface area contributed by atoms with Crippen LogP contribution in [0.1, 0.15) is 29.2 Å². The van der Waals surface area contributed by atoms with E-state index in [1.807, 2.05) is 66.7 Å². The molecule has 174 valence electrons. The van der Waals surface area contributed by atoms with Crippen molar-refractivity contribution in [3.05, 3.63) is 107 Å². The van der Waals surface area contributed by atoms with Crippen molar-refractivity contribution >= 4 is 41.2 Å². The van der Waals surface area contributed by atoms with E-state index in [1.54, 1.807) is 17.9 Å². The summed E-state index contributed by atoms with van der Waals surface area (Å²) in [7, 11) is 1.61. The van der Waals surface area contributed by atoms with Gasteiger partial charge in [0.25, 0.3) is 17.8 Å². The summed E-state index contributed by atoms with van der Waals surface area (Å²) in [5.74, 6) is 1.06. The number of nitrogens with one attached hydrogen (secondary N) is 1. The molecule has 1 amide bonds. The lowest BCUT2D eigenvalue weighted by Crippen LogP contribution is -2.21. The first-order valence-corrected chi connectivity index (χ1v) is 11.4. The van der Waals surface area contributed by atoms with Gasteiger partial charge >= 0.3 is 0 Å². The molecule has 2 heterocycles. The number of halogens is 1. The number of nitrogens with zero attached hydrogens (tertiary/aromatic N) is 4. The lowest BCUT2D eigenvalue weighted by atomic mass is 9.96. The molecule has 35 heavy (non-hydrogen) atoms. The highest BCUT2D eigenvalue weighted by atomic mass is 35.5. The molecule has 1 N–H and O–H groups in total. The van der Waals surface area contributed by atoms with E-state index in [2.05, 4.69) is 27.5 Å². The Hall–Kier alpha value is -4.23. The molecule has 0 spiro atoms. The SMILES string of the molecule is COc1ccc(/C=C/C(=O)Nc2nc3n(n2)C(c2ccccc2)CC(c2ccc(Cl)cc2)=N3)cc1. The summed E-state index contributed by atoms with van der Waals surface area (Å²) in [6, 6.07) is 24.9. The molecule has 1 aromatic heterocycles. The van der Waals surface area contributed by atoms with Crippen molar-refractivity contribution in [3.63, 3.8) is 0 Å². The molecule has 0 aliphatic carbocycles. The highest BCUT2D eigenvalue weighted by Crippen LogP contribution is 2.33. The van der Waals surface area contributed by atoms with Gasteiger partial charge in [-0.25, -0.2) is 9.67 Å². The van der Waals surface area contributed by atoms with Gasteiger partial charge in [-0.1, -0.05) is 66.2 Å². The topological polar surface area (TPSA) is 81.4 Å². The number of aliphatic imine (C=N–C) groups is 1. The standard InChI is InChI=1S/C27H22ClN5O2/c1-35-22-14-7-18(8-15-22)9-16-25(34)30-26-31-27-29-23(19-10-12-21(28)13-11-19)17-24(33(27)32-26)20-5-3-2-4-6-20/h2-16,24H,17H2,1H3,(H,30,32,34)/b16-9+. The maximum atomic E-state index is 12.5. The first-order valence-electron chi connectivity index (χ1n) is 11.1. The van der Waals surface area contributed by atoms with Crippen molar-refractivity contribution in [3.8, 4) is 5.75 Å². The van der Waals surface area contributed by atoms with Crippen LogP contribution in [-0.2, 0) is 4.79 Å². The maximum Gasteiger partial charge on any atom is 0.250 e. The summed E-state index contributed by atoms with van der Waals surface area (Å²) in [5, 5.41) is 7.98. The molecule has 0 saturated heterocycles. The van der Waals surface area contributed by atoms with Crippen molar-refractivity contribution < 1.29 is 9.53 Å². The molecule has 0 fully saturated rings. The van der Waals surface area contributed by atoms with E-state index in [1.165, 1.54) is 6.08 Å². The second-order valence-electron chi connectivity index (χ2n) is 7.97. The smallest absolute Gasteiger partial charge is 0.250 e. The monoisotopic (exact) mass is 483 g/mol. The van der Waals surface area contributed by atoms with E-state index in [0.717, 1.165) is 28.2 Å². The molecule has 0 bridgehead atoms. The third-order valence-corrected chi connectivity index (χ3v) is 5.92. The Balaban J connectivity index is 1.41. The second kappa shape index (κ2) is 9.95. The number of carbonyl (C=O) groups excluding carboxylic acids is 1. The fourth-order valence-corrected chi connectivity index (χ4v) is 4.01. The summed E-state index contributed by atoms with van der Waals surface area (Å²) in [4.78, 5) is 21.8. The maximum absolute atomic E-state index is 12.5. The van der Waals surface area contributed by atoms with Crippen LogP contribution >= 0.6 is 11.6 Å². The summed E-state index contributed by atoms with van der Waals surface area (Å²) in [5.41, 5.74) is 3.81. The van der Waals surface area contributed by atoms with E-state index < -0.39 is 0 Å². The number of rotatable bonds is 6. The van der Waals surface area contributed by atoms with Gasteiger partial charge in [0.15, 0.2) is 0 Å². The van der Waals surface area contributed by atoms with Gasteiger partial charge in [-0.2, -0.15) is 4.98 Å². The molecule has 4 aromatic rings. The molecule has 1 aliphatic rings. The van der Waals surface area contributed by atoms with Crippen molar-refractivity contribution in [1.82, 2.24) is 14.8 Å². The molecule has 1 unspecified atom stereocenters. The van der Waals surface area contributed by atoms with Crippen molar-refractivity contribution in [1.29, 1.82) is 0 Å². The zero-order valence-corrected chi connectivity index (χ0v) is 19.7. The molecule has 7 nitrogen and oxygen atoms in total. The fraction of sp³-hybridized carbons (Fsp3) is 0.111. The van der Waals surface area contributed by atoms with Crippen LogP contribution in [0.25, 0.3) is 6.08 Å². The number of methoxy groups -OCH3 is 1. The molecular formula is C27H22ClN5O2. The Kier molecular flexibility index (Phi) is 6.41. The van der Waals surface area contributed by atoms with Gasteiger partial charge in [0, 0.05) is 17.5 Å². The lowest BCUT2D eigenvalue weighted by molar-refractivity contribution is -0.111. The molecular weight excluding hydrogens is 462 g/mol. The van der Waals surface area contributed by atoms with Crippen LogP contribution in [0.3, 0.4) is 0 Å². The van der Waals surface area contributed by atoms with Crippen LogP contribution < -0.4 is 10.1 Å². The third kappa shape index (κ3) is 5.15. The zero-order chi connectivity index (χ0) is 24.2. The van der Waals surface area contributed by atoms with Gasteiger partial charge < -0.3 is 4.74 Å². The van der Waals surface area contributed by atoms with Gasteiger partial charge in [0.05, 0.1) is 18.9 Å². The first kappa shape index (κ1) is 22.6. The predicted molar refractivity (Wildman–Crippen MR) is 138 cm³/mol. The predicted octanol–water partition coefficient (Wildman–Crippen LogP) is 5.71. The van der Waals surface area contributed by atoms with Crippen molar-refractivity contribution in [2.24, 2.45) is 4.99 Å². The Morgan fingerprint density at radius 3 is 2.51 bits per heavy atom. The molecule has 1 aliphatic heterocycles. The van der Waals surface area contributed by atoms with Crippen LogP contribution in [0, 0.1) is 0 Å².